The van der Waals surface area contributed by atoms with Crippen LogP contribution >= 0.6 is 0 Å². The van der Waals surface area contributed by atoms with Gasteiger partial charge in [0.25, 0.3) is 0 Å². The highest BCUT2D eigenvalue weighted by Gasteiger charge is 2.60. The van der Waals surface area contributed by atoms with Crippen LogP contribution < -0.4 is 0 Å². The monoisotopic (exact) mass is 334 g/mol. The van der Waals surface area contributed by atoms with E-state index in [1.54, 1.807) is 0 Å². The molecule has 4 rings (SSSR count). The number of hydrogen-bond donors (Lipinski definition) is 2. The molecule has 0 spiro atoms. The molecule has 0 unspecified atom stereocenters. The van der Waals surface area contributed by atoms with Crippen LogP contribution in [0.1, 0.15) is 71.6 Å². The number of Topliss-reactive ketones (excluding diaryl/α,β-unsaturated/α-hetero) is 1. The summed E-state index contributed by atoms with van der Waals surface area (Å²) in [5, 5.41) is 19.5. The van der Waals surface area contributed by atoms with Crippen LogP contribution in [0.25, 0.3) is 0 Å². The summed E-state index contributed by atoms with van der Waals surface area (Å²) in [7, 11) is 0. The summed E-state index contributed by atoms with van der Waals surface area (Å²) in [5.74, 6) is 3.08. The third-order valence-electron chi connectivity index (χ3n) is 9.18. The lowest BCUT2D eigenvalue weighted by atomic mass is 9.44. The molecule has 3 heteroatoms. The Labute approximate surface area is 146 Å². The van der Waals surface area contributed by atoms with E-state index in [1.165, 1.54) is 32.1 Å². The van der Waals surface area contributed by atoms with Crippen molar-refractivity contribution in [3.63, 3.8) is 0 Å². The topological polar surface area (TPSA) is 57.5 Å². The van der Waals surface area contributed by atoms with Crippen LogP contribution in [0.4, 0.5) is 0 Å². The molecule has 0 aromatic rings. The van der Waals surface area contributed by atoms with Crippen LogP contribution in [-0.2, 0) is 4.79 Å². The van der Waals surface area contributed by atoms with Crippen molar-refractivity contribution in [1.29, 1.82) is 0 Å². The van der Waals surface area contributed by atoms with Crippen LogP contribution in [0.5, 0.6) is 0 Å². The first-order chi connectivity index (χ1) is 11.4. The summed E-state index contributed by atoms with van der Waals surface area (Å²) >= 11 is 0. The summed E-state index contributed by atoms with van der Waals surface area (Å²) in [6.07, 6.45) is 10.2. The maximum atomic E-state index is 12.3. The largest absolute Gasteiger partial charge is 0.393 e. The molecule has 4 saturated carbocycles. The van der Waals surface area contributed by atoms with E-state index in [-0.39, 0.29) is 29.8 Å². The van der Waals surface area contributed by atoms with E-state index < -0.39 is 0 Å². The predicted molar refractivity (Wildman–Crippen MR) is 93.3 cm³/mol. The Bertz CT molecular complexity index is 517. The zero-order valence-corrected chi connectivity index (χ0v) is 15.3. The molecule has 2 N–H and O–H groups in total. The van der Waals surface area contributed by atoms with E-state index >= 15 is 0 Å². The summed E-state index contributed by atoms with van der Waals surface area (Å²) in [6, 6.07) is 0. The van der Waals surface area contributed by atoms with E-state index in [0.717, 1.165) is 37.5 Å². The normalized spacial score (nSPS) is 53.8. The van der Waals surface area contributed by atoms with Crippen molar-refractivity contribution in [3.05, 3.63) is 0 Å². The maximum Gasteiger partial charge on any atom is 0.161 e. The smallest absolute Gasteiger partial charge is 0.161 e. The summed E-state index contributed by atoms with van der Waals surface area (Å²) < 4.78 is 0. The van der Waals surface area contributed by atoms with Gasteiger partial charge in [0.05, 0.1) is 6.10 Å². The van der Waals surface area contributed by atoms with Gasteiger partial charge in [-0.25, -0.2) is 0 Å². The molecule has 0 radical (unpaired) electrons. The second kappa shape index (κ2) is 5.81. The van der Waals surface area contributed by atoms with Gasteiger partial charge in [-0.2, -0.15) is 0 Å². The molecule has 24 heavy (non-hydrogen) atoms. The van der Waals surface area contributed by atoms with Gasteiger partial charge < -0.3 is 10.2 Å². The Hall–Kier alpha value is -0.410. The molecular weight excluding hydrogens is 300 g/mol. The lowest BCUT2D eigenvalue weighted by Crippen LogP contribution is -2.54. The average Bonchev–Trinajstić information content (AvgIpc) is 2.92. The molecule has 4 aliphatic rings. The van der Waals surface area contributed by atoms with Crippen molar-refractivity contribution in [1.82, 2.24) is 0 Å². The van der Waals surface area contributed by atoms with Crippen LogP contribution in [0.3, 0.4) is 0 Å². The van der Waals surface area contributed by atoms with Crippen molar-refractivity contribution in [2.24, 2.45) is 40.4 Å². The highest BCUT2D eigenvalue weighted by atomic mass is 16.3. The second-order valence-electron chi connectivity index (χ2n) is 9.88. The van der Waals surface area contributed by atoms with Crippen LogP contribution in [0, 0.1) is 40.4 Å². The van der Waals surface area contributed by atoms with Gasteiger partial charge in [0.1, 0.15) is 6.61 Å². The Morgan fingerprint density at radius 3 is 2.42 bits per heavy atom. The molecule has 0 aromatic carbocycles. The van der Waals surface area contributed by atoms with E-state index in [0.29, 0.717) is 17.3 Å². The first-order valence-electron chi connectivity index (χ1n) is 10.2. The van der Waals surface area contributed by atoms with E-state index in [1.807, 2.05) is 0 Å². The second-order valence-corrected chi connectivity index (χ2v) is 9.88. The molecule has 0 aliphatic heterocycles. The van der Waals surface area contributed by atoms with E-state index in [9.17, 15) is 15.0 Å². The molecule has 0 bridgehead atoms. The van der Waals surface area contributed by atoms with Gasteiger partial charge in [0.2, 0.25) is 0 Å². The van der Waals surface area contributed by atoms with Crippen LogP contribution in [0.2, 0.25) is 0 Å². The number of fused-ring (bicyclic) bond motifs is 5. The Morgan fingerprint density at radius 1 is 0.958 bits per heavy atom. The van der Waals surface area contributed by atoms with Gasteiger partial charge >= 0.3 is 0 Å². The first kappa shape index (κ1) is 17.0. The Morgan fingerprint density at radius 2 is 1.67 bits per heavy atom. The first-order valence-corrected chi connectivity index (χ1v) is 10.2. The average molecular weight is 335 g/mol. The third kappa shape index (κ3) is 2.26. The van der Waals surface area contributed by atoms with Crippen molar-refractivity contribution >= 4 is 5.78 Å². The van der Waals surface area contributed by atoms with Crippen molar-refractivity contribution < 1.29 is 15.0 Å². The highest BCUT2D eigenvalue weighted by Crippen LogP contribution is 2.67. The minimum absolute atomic E-state index is 0.0773. The SMILES string of the molecule is C[C@]12CC[C@H](O)C[C@@H]1CC[C@H]1[C@H]2CC[C@@]2(C)[C@@H]1CC[C@H]2C(=O)CO. The van der Waals surface area contributed by atoms with Crippen molar-refractivity contribution in [2.75, 3.05) is 6.61 Å². The fraction of sp³-hybridized carbons (Fsp3) is 0.952. The number of ketones is 1. The fourth-order valence-electron chi connectivity index (χ4n) is 7.87. The minimum Gasteiger partial charge on any atom is -0.393 e. The number of carbonyl (C=O) groups is 1. The molecule has 0 heterocycles. The minimum atomic E-state index is -0.279. The molecule has 8 atom stereocenters. The van der Waals surface area contributed by atoms with Gasteiger partial charge in [0, 0.05) is 5.92 Å². The molecule has 136 valence electrons. The van der Waals surface area contributed by atoms with Gasteiger partial charge in [0.15, 0.2) is 5.78 Å². The molecule has 0 saturated heterocycles. The van der Waals surface area contributed by atoms with Crippen LogP contribution in [0.15, 0.2) is 0 Å². The standard InChI is InChI=1S/C21H34O3/c1-20-9-7-14(23)11-13(20)3-4-15-16-5-6-18(19(24)12-22)21(16,2)10-8-17(15)20/h13-18,22-23H,3-12H2,1-2H3/t13-,14-,15+,16+,17+,18-,20-,21-/m0/s1. The molecule has 0 aromatic heterocycles. The summed E-state index contributed by atoms with van der Waals surface area (Å²) in [4.78, 5) is 12.3. The fourth-order valence-corrected chi connectivity index (χ4v) is 7.87. The lowest BCUT2D eigenvalue weighted by Gasteiger charge is -2.60. The number of rotatable bonds is 2. The van der Waals surface area contributed by atoms with Gasteiger partial charge in [-0.05, 0) is 92.3 Å². The van der Waals surface area contributed by atoms with Crippen molar-refractivity contribution in [2.45, 2.75) is 77.7 Å². The van der Waals surface area contributed by atoms with Gasteiger partial charge in [-0.1, -0.05) is 13.8 Å². The van der Waals surface area contributed by atoms with Crippen molar-refractivity contribution in [3.8, 4) is 0 Å². The summed E-state index contributed by atoms with van der Waals surface area (Å²) in [5.41, 5.74) is 0.529. The van der Waals surface area contributed by atoms with Gasteiger partial charge in [-0.15, -0.1) is 0 Å². The van der Waals surface area contributed by atoms with E-state index in [2.05, 4.69) is 13.8 Å². The molecule has 4 fully saturated rings. The predicted octanol–water partition coefficient (Wildman–Crippen LogP) is 3.57. The maximum absolute atomic E-state index is 12.3. The zero-order chi connectivity index (χ0) is 17.1. The third-order valence-corrected chi connectivity index (χ3v) is 9.18. The highest BCUT2D eigenvalue weighted by molar-refractivity contribution is 5.83. The van der Waals surface area contributed by atoms with E-state index in [4.69, 9.17) is 0 Å². The number of aliphatic hydroxyl groups excluding tert-OH is 2. The quantitative estimate of drug-likeness (QED) is 0.812. The zero-order valence-electron chi connectivity index (χ0n) is 15.3. The lowest BCUT2D eigenvalue weighted by molar-refractivity contribution is -0.141. The molecule has 3 nitrogen and oxygen atoms in total. The number of carbonyl (C=O) groups excluding carboxylic acids is 1. The Balaban J connectivity index is 1.60. The van der Waals surface area contributed by atoms with Gasteiger partial charge in [-0.3, -0.25) is 4.79 Å². The Kier molecular flexibility index (Phi) is 4.12. The summed E-state index contributed by atoms with van der Waals surface area (Å²) in [6.45, 7) is 4.57. The number of aliphatic hydroxyl groups is 2. The molecule has 4 aliphatic carbocycles. The number of hydrogen-bond acceptors (Lipinski definition) is 3. The molecular formula is C21H34O3. The molecule has 0 amide bonds. The van der Waals surface area contributed by atoms with Crippen LogP contribution in [-0.4, -0.2) is 28.7 Å².